The van der Waals surface area contributed by atoms with Crippen molar-refractivity contribution in [3.8, 4) is 17.6 Å². The number of benzene rings is 1. The summed E-state index contributed by atoms with van der Waals surface area (Å²) in [6, 6.07) is 7.15. The molecule has 0 spiro atoms. The smallest absolute Gasteiger partial charge is 0.469 e. The molecule has 0 aliphatic carbocycles. The first-order valence-corrected chi connectivity index (χ1v) is 11.0. The van der Waals surface area contributed by atoms with E-state index < -0.39 is 25.0 Å². The van der Waals surface area contributed by atoms with Gasteiger partial charge in [-0.05, 0) is 44.0 Å². The van der Waals surface area contributed by atoms with Crippen molar-refractivity contribution in [1.29, 1.82) is 0 Å². The molecule has 0 aliphatic rings. The van der Waals surface area contributed by atoms with Crippen LogP contribution < -0.4 is 10.5 Å². The zero-order valence-corrected chi connectivity index (χ0v) is 17.4. The van der Waals surface area contributed by atoms with Gasteiger partial charge in [0, 0.05) is 22.9 Å². The molecule has 0 bridgehead atoms. The molecule has 1 atom stereocenters. The molecule has 1 heterocycles. The van der Waals surface area contributed by atoms with Crippen LogP contribution in [0.25, 0.3) is 0 Å². The predicted molar refractivity (Wildman–Crippen MR) is 107 cm³/mol. The molecule has 0 saturated carbocycles. The van der Waals surface area contributed by atoms with Crippen LogP contribution in [0.5, 0.6) is 5.75 Å². The summed E-state index contributed by atoms with van der Waals surface area (Å²) in [5, 5.41) is 0. The second-order valence-corrected chi connectivity index (χ2v) is 9.07. The van der Waals surface area contributed by atoms with E-state index in [1.165, 1.54) is 17.4 Å². The van der Waals surface area contributed by atoms with Gasteiger partial charge in [0.1, 0.15) is 5.75 Å². The highest BCUT2D eigenvalue weighted by Crippen LogP contribution is 2.37. The van der Waals surface area contributed by atoms with Gasteiger partial charge in [0.05, 0.1) is 18.1 Å². The number of phosphoric acid groups is 1. The summed E-state index contributed by atoms with van der Waals surface area (Å²) in [6.07, 6.45) is 1.54. The third kappa shape index (κ3) is 9.05. The van der Waals surface area contributed by atoms with E-state index in [1.54, 1.807) is 6.92 Å². The van der Waals surface area contributed by atoms with E-state index in [4.69, 9.17) is 20.3 Å². The number of ether oxygens (including phenoxy) is 1. The van der Waals surface area contributed by atoms with Gasteiger partial charge in [0.25, 0.3) is 0 Å². The van der Waals surface area contributed by atoms with Crippen LogP contribution in [0.15, 0.2) is 30.3 Å². The zero-order chi connectivity index (χ0) is 21.5. The van der Waals surface area contributed by atoms with Gasteiger partial charge in [0.15, 0.2) is 11.6 Å². The third-order valence-corrected chi connectivity index (χ3v) is 5.29. The number of hydrogen-bond donors (Lipinski definition) is 3. The quantitative estimate of drug-likeness (QED) is 0.310. The van der Waals surface area contributed by atoms with Crippen molar-refractivity contribution in [2.24, 2.45) is 5.73 Å². The standard InChI is InChI=1S/C19H22F2NO5PS/c1-19(22,13-27-28(23,24)25)10-9-16-7-6-15(29-16)4-2-3-11-26-14-5-8-17(20)18(21)12-14/h5-8,12H,3,9-11,13,22H2,1H3,(H2,23,24,25). The Morgan fingerprint density at radius 1 is 1.24 bits per heavy atom. The minimum absolute atomic E-state index is 0.243. The predicted octanol–water partition coefficient (Wildman–Crippen LogP) is 3.61. The Bertz CT molecular complexity index is 932. The summed E-state index contributed by atoms with van der Waals surface area (Å²) in [5.74, 6) is 4.34. The molecule has 1 aromatic heterocycles. The molecule has 4 N–H and O–H groups in total. The lowest BCUT2D eigenvalue weighted by Crippen LogP contribution is -2.41. The number of halogens is 2. The monoisotopic (exact) mass is 445 g/mol. The third-order valence-electron chi connectivity index (χ3n) is 3.77. The van der Waals surface area contributed by atoms with Crippen LogP contribution in [0.1, 0.15) is 29.5 Å². The molecule has 1 aromatic carbocycles. The van der Waals surface area contributed by atoms with Crippen LogP contribution in [0.4, 0.5) is 8.78 Å². The highest BCUT2D eigenvalue weighted by Gasteiger charge is 2.24. The summed E-state index contributed by atoms with van der Waals surface area (Å²) in [5.41, 5.74) is 5.14. The maximum Gasteiger partial charge on any atom is 0.469 e. The van der Waals surface area contributed by atoms with Crippen molar-refractivity contribution < 1.29 is 32.4 Å². The van der Waals surface area contributed by atoms with Crippen molar-refractivity contribution in [2.45, 2.75) is 31.7 Å². The van der Waals surface area contributed by atoms with Crippen molar-refractivity contribution in [2.75, 3.05) is 13.2 Å². The molecule has 1 unspecified atom stereocenters. The number of thiophene rings is 1. The van der Waals surface area contributed by atoms with Gasteiger partial charge in [-0.2, -0.15) is 0 Å². The molecule has 0 amide bonds. The second-order valence-electron chi connectivity index (χ2n) is 6.66. The normalized spacial score (nSPS) is 13.4. The number of phosphoric ester groups is 1. The van der Waals surface area contributed by atoms with E-state index in [-0.39, 0.29) is 19.0 Å². The summed E-state index contributed by atoms with van der Waals surface area (Å²) in [7, 11) is -4.54. The first-order valence-electron chi connectivity index (χ1n) is 8.68. The fraction of sp³-hybridized carbons (Fsp3) is 0.368. The van der Waals surface area contributed by atoms with E-state index in [1.807, 2.05) is 12.1 Å². The number of aryl methyl sites for hydroxylation is 1. The van der Waals surface area contributed by atoms with E-state index in [0.717, 1.165) is 21.9 Å². The van der Waals surface area contributed by atoms with E-state index in [9.17, 15) is 13.3 Å². The van der Waals surface area contributed by atoms with Crippen molar-refractivity contribution in [3.63, 3.8) is 0 Å². The molecule has 10 heteroatoms. The van der Waals surface area contributed by atoms with Crippen LogP contribution >= 0.6 is 19.2 Å². The van der Waals surface area contributed by atoms with Crippen LogP contribution in [-0.2, 0) is 15.5 Å². The molecular weight excluding hydrogens is 423 g/mol. The highest BCUT2D eigenvalue weighted by atomic mass is 32.1. The van der Waals surface area contributed by atoms with E-state index in [0.29, 0.717) is 19.3 Å². The first kappa shape index (κ1) is 23.5. The average Bonchev–Trinajstić information content (AvgIpc) is 3.09. The maximum absolute atomic E-state index is 13.1. The van der Waals surface area contributed by atoms with E-state index >= 15 is 0 Å². The van der Waals surface area contributed by atoms with Crippen LogP contribution in [0.3, 0.4) is 0 Å². The first-order chi connectivity index (χ1) is 13.5. The van der Waals surface area contributed by atoms with Crippen molar-refractivity contribution >= 4 is 19.2 Å². The Labute approximate surface area is 171 Å². The van der Waals surface area contributed by atoms with Crippen LogP contribution in [0, 0.1) is 23.5 Å². The topological polar surface area (TPSA) is 102 Å². The average molecular weight is 445 g/mol. The molecule has 6 nitrogen and oxygen atoms in total. The Balaban J connectivity index is 1.76. The van der Waals surface area contributed by atoms with E-state index in [2.05, 4.69) is 16.4 Å². The number of nitrogens with two attached hydrogens (primary N) is 1. The van der Waals surface area contributed by atoms with Gasteiger partial charge in [0.2, 0.25) is 0 Å². The van der Waals surface area contributed by atoms with Crippen molar-refractivity contribution in [3.05, 3.63) is 51.7 Å². The summed E-state index contributed by atoms with van der Waals surface area (Å²) < 4.78 is 46.5. The SMILES string of the molecule is CC(N)(CCc1ccc(C#CCCOc2ccc(F)c(F)c2)s1)COP(=O)(O)O. The molecule has 0 saturated heterocycles. The lowest BCUT2D eigenvalue weighted by molar-refractivity contribution is 0.154. The Morgan fingerprint density at radius 3 is 2.69 bits per heavy atom. The lowest BCUT2D eigenvalue weighted by Gasteiger charge is -2.24. The summed E-state index contributed by atoms with van der Waals surface area (Å²) >= 11 is 1.50. The summed E-state index contributed by atoms with van der Waals surface area (Å²) in [6.45, 7) is 1.68. The molecule has 2 aromatic rings. The van der Waals surface area contributed by atoms with Gasteiger partial charge in [-0.25, -0.2) is 13.3 Å². The molecule has 29 heavy (non-hydrogen) atoms. The van der Waals surface area contributed by atoms with Gasteiger partial charge < -0.3 is 20.3 Å². The Morgan fingerprint density at radius 2 is 2.00 bits per heavy atom. The molecule has 0 aliphatic heterocycles. The van der Waals surface area contributed by atoms with Gasteiger partial charge >= 0.3 is 7.82 Å². The fourth-order valence-corrected chi connectivity index (χ4v) is 3.57. The zero-order valence-electron chi connectivity index (χ0n) is 15.7. The second kappa shape index (κ2) is 10.3. The number of hydrogen-bond acceptors (Lipinski definition) is 5. The van der Waals surface area contributed by atoms with Gasteiger partial charge in [-0.1, -0.05) is 11.8 Å². The largest absolute Gasteiger partial charge is 0.492 e. The Kier molecular flexibility index (Phi) is 8.34. The summed E-state index contributed by atoms with van der Waals surface area (Å²) in [4.78, 5) is 19.4. The van der Waals surface area contributed by atoms with Gasteiger partial charge in [-0.3, -0.25) is 4.52 Å². The maximum atomic E-state index is 13.1. The lowest BCUT2D eigenvalue weighted by atomic mass is 9.98. The van der Waals surface area contributed by atoms with Crippen molar-refractivity contribution in [1.82, 2.24) is 0 Å². The molecule has 2 rings (SSSR count). The van der Waals surface area contributed by atoms with Gasteiger partial charge in [-0.15, -0.1) is 11.3 Å². The minimum atomic E-state index is -4.54. The minimum Gasteiger partial charge on any atom is -0.492 e. The van der Waals surface area contributed by atoms with Crippen LogP contribution in [-0.4, -0.2) is 28.5 Å². The molecule has 158 valence electrons. The molecule has 0 fully saturated rings. The molecular formula is C19H22F2NO5PS. The molecule has 0 radical (unpaired) electrons. The number of rotatable bonds is 9. The highest BCUT2D eigenvalue weighted by molar-refractivity contribution is 7.46. The fourth-order valence-electron chi connectivity index (χ4n) is 2.23. The Hall–Kier alpha value is -1.79. The van der Waals surface area contributed by atoms with Crippen LogP contribution in [0.2, 0.25) is 0 Å².